The summed E-state index contributed by atoms with van der Waals surface area (Å²) >= 11 is 0. The Bertz CT molecular complexity index is 1320. The van der Waals surface area contributed by atoms with Gasteiger partial charge in [-0.3, -0.25) is 4.79 Å². The highest BCUT2D eigenvalue weighted by Gasteiger charge is 2.58. The maximum absolute atomic E-state index is 14.3. The van der Waals surface area contributed by atoms with Crippen molar-refractivity contribution in [3.63, 3.8) is 0 Å². The molecule has 39 heavy (non-hydrogen) atoms. The van der Waals surface area contributed by atoms with Gasteiger partial charge in [0.05, 0.1) is 0 Å². The highest BCUT2D eigenvalue weighted by atomic mass is 31.2. The molecule has 4 aromatic carbocycles. The molecule has 6 heteroatoms. The van der Waals surface area contributed by atoms with Crippen LogP contribution in [0.2, 0.25) is 0 Å². The SMILES string of the molecule is CC(C)(C)OC(=O)Oc1ccc(N2CCC([P+](c3ccccc3)(c3ccccc3)c3ccccc3)C2=O)cc1. The molecule has 1 saturated heterocycles. The lowest BCUT2D eigenvalue weighted by Crippen LogP contribution is -2.42. The van der Waals surface area contributed by atoms with Crippen LogP contribution in [0, 0.1) is 0 Å². The summed E-state index contributed by atoms with van der Waals surface area (Å²) in [6, 6.07) is 38.6. The van der Waals surface area contributed by atoms with Crippen LogP contribution in [0.3, 0.4) is 0 Å². The van der Waals surface area contributed by atoms with Crippen molar-refractivity contribution in [1.82, 2.24) is 0 Å². The van der Waals surface area contributed by atoms with Crippen molar-refractivity contribution in [2.24, 2.45) is 0 Å². The number of carbonyl (C=O) groups excluding carboxylic acids is 2. The molecule has 5 rings (SSSR count). The van der Waals surface area contributed by atoms with E-state index in [4.69, 9.17) is 9.47 Å². The second-order valence-corrected chi connectivity index (χ2v) is 14.2. The monoisotopic (exact) mass is 538 g/mol. The number of amides is 1. The Labute approximate surface area is 230 Å². The van der Waals surface area contributed by atoms with Gasteiger partial charge in [-0.15, -0.1) is 0 Å². The van der Waals surface area contributed by atoms with Crippen molar-refractivity contribution in [2.45, 2.75) is 38.5 Å². The highest BCUT2D eigenvalue weighted by molar-refractivity contribution is 7.97. The molecule has 0 aromatic heterocycles. The first-order valence-electron chi connectivity index (χ1n) is 13.2. The fourth-order valence-corrected chi connectivity index (χ4v) is 10.2. The van der Waals surface area contributed by atoms with E-state index in [0.717, 1.165) is 12.1 Å². The number of nitrogens with zero attached hydrogens (tertiary/aromatic N) is 1. The fourth-order valence-electron chi connectivity index (χ4n) is 5.32. The Morgan fingerprint density at radius 1 is 0.744 bits per heavy atom. The largest absolute Gasteiger partial charge is 0.514 e. The maximum Gasteiger partial charge on any atom is 0.514 e. The van der Waals surface area contributed by atoms with Gasteiger partial charge in [-0.05, 0) is 81.4 Å². The van der Waals surface area contributed by atoms with Gasteiger partial charge in [0.1, 0.15) is 34.5 Å². The Morgan fingerprint density at radius 3 is 1.64 bits per heavy atom. The van der Waals surface area contributed by atoms with Crippen LogP contribution >= 0.6 is 7.26 Å². The Hall–Kier alpha value is -3.95. The summed E-state index contributed by atoms with van der Waals surface area (Å²) < 4.78 is 10.6. The molecule has 198 valence electrons. The van der Waals surface area contributed by atoms with Crippen molar-refractivity contribution in [3.05, 3.63) is 115 Å². The third-order valence-electron chi connectivity index (χ3n) is 6.87. The fraction of sp³-hybridized carbons (Fsp3) is 0.212. The maximum atomic E-state index is 14.3. The van der Waals surface area contributed by atoms with E-state index in [9.17, 15) is 9.59 Å². The van der Waals surface area contributed by atoms with Crippen LogP contribution in [-0.2, 0) is 9.53 Å². The number of benzene rings is 4. The quantitative estimate of drug-likeness (QED) is 0.169. The molecule has 1 aliphatic rings. The van der Waals surface area contributed by atoms with E-state index in [1.165, 1.54) is 15.9 Å². The van der Waals surface area contributed by atoms with Gasteiger partial charge in [0.15, 0.2) is 5.66 Å². The van der Waals surface area contributed by atoms with Crippen molar-refractivity contribution in [2.75, 3.05) is 11.4 Å². The molecule has 0 spiro atoms. The second-order valence-electron chi connectivity index (χ2n) is 10.6. The number of carbonyl (C=O) groups is 2. The topological polar surface area (TPSA) is 55.8 Å². The zero-order valence-electron chi connectivity index (χ0n) is 22.5. The van der Waals surface area contributed by atoms with Gasteiger partial charge in [-0.25, -0.2) is 4.79 Å². The van der Waals surface area contributed by atoms with Crippen LogP contribution in [0.4, 0.5) is 10.5 Å². The molecule has 0 radical (unpaired) electrons. The number of ether oxygens (including phenoxy) is 2. The molecule has 5 nitrogen and oxygen atoms in total. The molecule has 4 aromatic rings. The molecule has 1 heterocycles. The average Bonchev–Trinajstić information content (AvgIpc) is 3.32. The lowest BCUT2D eigenvalue weighted by atomic mass is 10.2. The van der Waals surface area contributed by atoms with Crippen LogP contribution in [0.15, 0.2) is 115 Å². The van der Waals surface area contributed by atoms with Crippen molar-refractivity contribution < 1.29 is 19.1 Å². The van der Waals surface area contributed by atoms with Crippen LogP contribution in [-0.4, -0.2) is 29.9 Å². The normalized spacial score (nSPS) is 15.7. The minimum atomic E-state index is -2.34. The molecule has 0 aliphatic carbocycles. The first kappa shape index (κ1) is 26.6. The van der Waals surface area contributed by atoms with E-state index in [1.807, 2.05) is 35.2 Å². The van der Waals surface area contributed by atoms with Crippen LogP contribution in [0.5, 0.6) is 5.75 Å². The highest BCUT2D eigenvalue weighted by Crippen LogP contribution is 2.62. The van der Waals surface area contributed by atoms with E-state index in [0.29, 0.717) is 12.3 Å². The van der Waals surface area contributed by atoms with E-state index in [2.05, 4.69) is 72.8 Å². The van der Waals surface area contributed by atoms with Gasteiger partial charge in [0, 0.05) is 18.7 Å². The third kappa shape index (κ3) is 5.46. The summed E-state index contributed by atoms with van der Waals surface area (Å²) in [6.07, 6.45) is -0.0164. The summed E-state index contributed by atoms with van der Waals surface area (Å²) in [4.78, 5) is 28.3. The molecule has 0 N–H and O–H groups in total. The summed E-state index contributed by atoms with van der Waals surface area (Å²) in [7, 11) is -2.34. The third-order valence-corrected chi connectivity index (χ3v) is 11.6. The minimum Gasteiger partial charge on any atom is -0.428 e. The number of rotatable bonds is 6. The number of hydrogen-bond donors (Lipinski definition) is 0. The molecular weight excluding hydrogens is 505 g/mol. The average molecular weight is 539 g/mol. The smallest absolute Gasteiger partial charge is 0.428 e. The lowest BCUT2D eigenvalue weighted by Gasteiger charge is -2.32. The molecule has 1 unspecified atom stereocenters. The van der Waals surface area contributed by atoms with Gasteiger partial charge >= 0.3 is 6.16 Å². The summed E-state index contributed by atoms with van der Waals surface area (Å²) in [5.74, 6) is 0.483. The van der Waals surface area contributed by atoms with E-state index >= 15 is 0 Å². The first-order valence-corrected chi connectivity index (χ1v) is 15.0. The number of anilines is 1. The standard InChI is InChI=1S/C33H33NO4P/c1-33(2,3)38-32(36)37-26-21-19-25(20-22-26)34-24-23-30(31(34)35)39(27-13-7-4-8-14-27,28-15-9-5-10-16-28)29-17-11-6-12-18-29/h4-22,30H,23-24H2,1-3H3/q+1. The minimum absolute atomic E-state index is 0.112. The van der Waals surface area contributed by atoms with E-state index < -0.39 is 19.0 Å². The van der Waals surface area contributed by atoms with Gasteiger partial charge in [0.2, 0.25) is 0 Å². The van der Waals surface area contributed by atoms with Crippen molar-refractivity contribution >= 4 is 40.9 Å². The van der Waals surface area contributed by atoms with Crippen molar-refractivity contribution in [1.29, 1.82) is 0 Å². The van der Waals surface area contributed by atoms with E-state index in [-0.39, 0.29) is 11.6 Å². The molecule has 1 aliphatic heterocycles. The van der Waals surface area contributed by atoms with Crippen LogP contribution in [0.25, 0.3) is 0 Å². The Kier molecular flexibility index (Phi) is 7.54. The summed E-state index contributed by atoms with van der Waals surface area (Å²) in [5, 5.41) is 3.59. The first-order chi connectivity index (χ1) is 18.8. The van der Waals surface area contributed by atoms with Gasteiger partial charge in [0.25, 0.3) is 5.91 Å². The van der Waals surface area contributed by atoms with Gasteiger partial charge in [-0.2, -0.15) is 0 Å². The predicted octanol–water partition coefficient (Wildman–Crippen LogP) is 6.10. The predicted molar refractivity (Wildman–Crippen MR) is 159 cm³/mol. The zero-order chi connectivity index (χ0) is 27.5. The number of hydrogen-bond acceptors (Lipinski definition) is 4. The molecule has 0 bridgehead atoms. The second kappa shape index (κ2) is 11.0. The van der Waals surface area contributed by atoms with Crippen LogP contribution < -0.4 is 25.6 Å². The van der Waals surface area contributed by atoms with Gasteiger partial charge < -0.3 is 14.4 Å². The summed E-state index contributed by atoms with van der Waals surface area (Å²) in [6.45, 7) is 5.98. The molecule has 1 atom stereocenters. The molecule has 1 fully saturated rings. The summed E-state index contributed by atoms with van der Waals surface area (Å²) in [5.41, 5.74) is -0.0615. The van der Waals surface area contributed by atoms with E-state index in [1.54, 1.807) is 32.9 Å². The Balaban J connectivity index is 1.51. The molecule has 0 saturated carbocycles. The molecule has 1 amide bonds. The van der Waals surface area contributed by atoms with Crippen molar-refractivity contribution in [3.8, 4) is 5.75 Å². The van der Waals surface area contributed by atoms with Gasteiger partial charge in [-0.1, -0.05) is 54.6 Å². The van der Waals surface area contributed by atoms with Crippen LogP contribution in [0.1, 0.15) is 27.2 Å². The molecular formula is C33H33NO4P+. The lowest BCUT2D eigenvalue weighted by molar-refractivity contribution is -0.116. The zero-order valence-corrected chi connectivity index (χ0v) is 23.4. The Morgan fingerprint density at radius 2 is 1.21 bits per heavy atom.